The van der Waals surface area contributed by atoms with Crippen molar-refractivity contribution >= 4 is 27.5 Å². The first-order valence-electron chi connectivity index (χ1n) is 5.93. The monoisotopic (exact) mass is 317 g/mol. The Labute approximate surface area is 120 Å². The lowest BCUT2D eigenvalue weighted by molar-refractivity contribution is -0.128. The topological polar surface area (TPSA) is 76.7 Å². The normalized spacial score (nSPS) is 24.7. The highest BCUT2D eigenvalue weighted by Crippen LogP contribution is 2.45. The lowest BCUT2D eigenvalue weighted by atomic mass is 9.63. The number of anilines is 1. The van der Waals surface area contributed by atoms with Crippen LogP contribution in [0.3, 0.4) is 0 Å². The Morgan fingerprint density at radius 3 is 2.68 bits per heavy atom. The van der Waals surface area contributed by atoms with E-state index in [0.29, 0.717) is 30.0 Å². The maximum absolute atomic E-state index is 12.2. The minimum Gasteiger partial charge on any atom is -0.324 e. The van der Waals surface area contributed by atoms with Crippen LogP contribution in [-0.2, 0) is 4.79 Å². The average molecular weight is 318 g/mol. The van der Waals surface area contributed by atoms with Gasteiger partial charge in [0.2, 0.25) is 5.91 Å². The highest BCUT2D eigenvalue weighted by molar-refractivity contribution is 9.10. The molecule has 96 valence electrons. The number of carbonyl (C=O) groups excluding carboxylic acids is 1. The van der Waals surface area contributed by atoms with E-state index in [2.05, 4.69) is 27.3 Å². The summed E-state index contributed by atoms with van der Waals surface area (Å²) in [4.78, 5) is 12.2. The third-order valence-corrected chi connectivity index (χ3v) is 3.89. The standard InChI is InChI=1S/C14H12BrN3O/c1-9-5-14(6-9,8-17)13(19)18-12-3-2-11(15)4-10(12)7-16/h2-4,9H,5-6H2,1H3,(H,18,19). The quantitative estimate of drug-likeness (QED) is 0.909. The van der Waals surface area contributed by atoms with Crippen LogP contribution in [0.15, 0.2) is 22.7 Å². The molecule has 1 aromatic carbocycles. The fourth-order valence-electron chi connectivity index (χ4n) is 2.42. The number of hydrogen-bond acceptors (Lipinski definition) is 3. The van der Waals surface area contributed by atoms with Crippen LogP contribution >= 0.6 is 15.9 Å². The van der Waals surface area contributed by atoms with Gasteiger partial charge in [0.15, 0.2) is 0 Å². The van der Waals surface area contributed by atoms with Gasteiger partial charge >= 0.3 is 0 Å². The number of nitrogens with one attached hydrogen (secondary N) is 1. The summed E-state index contributed by atoms with van der Waals surface area (Å²) in [7, 11) is 0. The first-order valence-corrected chi connectivity index (χ1v) is 6.72. The second kappa shape index (κ2) is 5.03. The van der Waals surface area contributed by atoms with Crippen molar-refractivity contribution in [2.45, 2.75) is 19.8 Å². The highest BCUT2D eigenvalue weighted by atomic mass is 79.9. The molecule has 0 radical (unpaired) electrons. The van der Waals surface area contributed by atoms with Crippen molar-refractivity contribution in [1.29, 1.82) is 10.5 Å². The predicted octanol–water partition coefficient (Wildman–Crippen LogP) is 3.20. The van der Waals surface area contributed by atoms with Gasteiger partial charge < -0.3 is 5.32 Å². The number of amides is 1. The molecule has 0 aromatic heterocycles. The SMILES string of the molecule is CC1CC(C#N)(C(=O)Nc2ccc(Br)cc2C#N)C1. The minimum atomic E-state index is -0.931. The molecule has 1 aliphatic carbocycles. The molecule has 1 saturated carbocycles. The van der Waals surface area contributed by atoms with E-state index < -0.39 is 5.41 Å². The van der Waals surface area contributed by atoms with Gasteiger partial charge in [-0.25, -0.2) is 0 Å². The third-order valence-electron chi connectivity index (χ3n) is 3.39. The van der Waals surface area contributed by atoms with Gasteiger partial charge in [-0.1, -0.05) is 22.9 Å². The van der Waals surface area contributed by atoms with Crippen molar-refractivity contribution in [3.8, 4) is 12.1 Å². The van der Waals surface area contributed by atoms with Crippen molar-refractivity contribution in [2.75, 3.05) is 5.32 Å². The van der Waals surface area contributed by atoms with Gasteiger partial charge in [-0.15, -0.1) is 0 Å². The number of benzene rings is 1. The van der Waals surface area contributed by atoms with E-state index in [1.807, 2.05) is 13.0 Å². The van der Waals surface area contributed by atoms with Gasteiger partial charge in [0.1, 0.15) is 11.5 Å². The number of rotatable bonds is 2. The number of hydrogen-bond donors (Lipinski definition) is 1. The predicted molar refractivity (Wildman–Crippen MR) is 73.9 cm³/mol. The van der Waals surface area contributed by atoms with Crippen LogP contribution in [0.5, 0.6) is 0 Å². The zero-order valence-electron chi connectivity index (χ0n) is 10.4. The average Bonchev–Trinajstić information content (AvgIpc) is 2.36. The lowest BCUT2D eigenvalue weighted by Crippen LogP contribution is -2.45. The van der Waals surface area contributed by atoms with E-state index in [1.54, 1.807) is 18.2 Å². The van der Waals surface area contributed by atoms with Gasteiger partial charge in [-0.05, 0) is 37.0 Å². The number of carbonyl (C=O) groups is 1. The first-order chi connectivity index (χ1) is 9.00. The van der Waals surface area contributed by atoms with Crippen molar-refractivity contribution in [3.05, 3.63) is 28.2 Å². The van der Waals surface area contributed by atoms with Crippen molar-refractivity contribution in [2.24, 2.45) is 11.3 Å². The Morgan fingerprint density at radius 1 is 1.47 bits per heavy atom. The molecule has 1 amide bonds. The van der Waals surface area contributed by atoms with Crippen molar-refractivity contribution in [3.63, 3.8) is 0 Å². The lowest BCUT2D eigenvalue weighted by Gasteiger charge is -2.39. The van der Waals surface area contributed by atoms with Crippen LogP contribution < -0.4 is 5.32 Å². The highest BCUT2D eigenvalue weighted by Gasteiger charge is 2.49. The summed E-state index contributed by atoms with van der Waals surface area (Å²) in [5.41, 5.74) is -0.104. The Kier molecular flexibility index (Phi) is 3.59. The van der Waals surface area contributed by atoms with Gasteiger partial charge in [0.05, 0.1) is 17.3 Å². The zero-order valence-corrected chi connectivity index (χ0v) is 12.0. The molecule has 5 heteroatoms. The molecule has 4 nitrogen and oxygen atoms in total. The fraction of sp³-hybridized carbons (Fsp3) is 0.357. The van der Waals surface area contributed by atoms with Gasteiger partial charge in [-0.3, -0.25) is 4.79 Å². The van der Waals surface area contributed by atoms with Crippen molar-refractivity contribution in [1.82, 2.24) is 0 Å². The van der Waals surface area contributed by atoms with Crippen LogP contribution in [0, 0.1) is 34.0 Å². The summed E-state index contributed by atoms with van der Waals surface area (Å²) < 4.78 is 0.773. The summed E-state index contributed by atoms with van der Waals surface area (Å²) in [6.07, 6.45) is 1.15. The van der Waals surface area contributed by atoms with Crippen LogP contribution in [0.2, 0.25) is 0 Å². The first kappa shape index (κ1) is 13.6. The summed E-state index contributed by atoms with van der Waals surface area (Å²) >= 11 is 3.27. The second-order valence-corrected chi connectivity index (χ2v) is 5.88. The van der Waals surface area contributed by atoms with Crippen LogP contribution in [0.1, 0.15) is 25.3 Å². The largest absolute Gasteiger partial charge is 0.324 e. The molecular weight excluding hydrogens is 306 g/mol. The van der Waals surface area contributed by atoms with E-state index in [4.69, 9.17) is 5.26 Å². The smallest absolute Gasteiger partial charge is 0.244 e. The molecule has 0 aliphatic heterocycles. The molecule has 1 fully saturated rings. The summed E-state index contributed by atoms with van der Waals surface area (Å²) in [6.45, 7) is 2.02. The van der Waals surface area contributed by atoms with Crippen LogP contribution in [0.4, 0.5) is 5.69 Å². The summed E-state index contributed by atoms with van der Waals surface area (Å²) in [6, 6.07) is 9.18. The molecule has 2 rings (SSSR count). The third kappa shape index (κ3) is 2.47. The Hall–Kier alpha value is -1.85. The van der Waals surface area contributed by atoms with E-state index in [1.165, 1.54) is 0 Å². The Balaban J connectivity index is 2.21. The van der Waals surface area contributed by atoms with Crippen molar-refractivity contribution < 1.29 is 4.79 Å². The number of nitriles is 2. The van der Waals surface area contributed by atoms with Gasteiger partial charge in [0, 0.05) is 4.47 Å². The van der Waals surface area contributed by atoms with Crippen LogP contribution in [-0.4, -0.2) is 5.91 Å². The number of nitrogens with zero attached hydrogens (tertiary/aromatic N) is 2. The maximum Gasteiger partial charge on any atom is 0.244 e. The maximum atomic E-state index is 12.2. The second-order valence-electron chi connectivity index (χ2n) is 4.96. The Morgan fingerprint density at radius 2 is 2.16 bits per heavy atom. The summed E-state index contributed by atoms with van der Waals surface area (Å²) in [5, 5.41) is 20.9. The van der Waals surface area contributed by atoms with Gasteiger partial charge in [-0.2, -0.15) is 10.5 Å². The molecule has 1 N–H and O–H groups in total. The fourth-order valence-corrected chi connectivity index (χ4v) is 2.78. The van der Waals surface area contributed by atoms with E-state index in [-0.39, 0.29) is 5.91 Å². The van der Waals surface area contributed by atoms with E-state index in [0.717, 1.165) is 4.47 Å². The number of halogens is 1. The minimum absolute atomic E-state index is 0.313. The summed E-state index contributed by atoms with van der Waals surface area (Å²) in [5.74, 6) is 0.0812. The van der Waals surface area contributed by atoms with Gasteiger partial charge in [0.25, 0.3) is 0 Å². The molecule has 1 aromatic rings. The molecule has 0 bridgehead atoms. The van der Waals surface area contributed by atoms with Crippen LogP contribution in [0.25, 0.3) is 0 Å². The molecule has 0 atom stereocenters. The molecule has 0 saturated heterocycles. The molecule has 0 heterocycles. The molecule has 1 aliphatic rings. The molecule has 0 spiro atoms. The van der Waals surface area contributed by atoms with E-state index >= 15 is 0 Å². The molecule has 19 heavy (non-hydrogen) atoms. The van der Waals surface area contributed by atoms with E-state index in [9.17, 15) is 10.1 Å². The molecule has 0 unspecified atom stereocenters. The Bertz CT molecular complexity index is 606. The molecular formula is C14H12BrN3O. The zero-order chi connectivity index (χ0) is 14.0.